The van der Waals surface area contributed by atoms with Gasteiger partial charge >= 0.3 is 35.8 Å². The molecule has 1 N–H and O–H groups in total. The minimum atomic E-state index is -1.69. The van der Waals surface area contributed by atoms with Crippen molar-refractivity contribution in [2.24, 2.45) is 11.3 Å². The van der Waals surface area contributed by atoms with Gasteiger partial charge in [-0.2, -0.15) is 0 Å². The first-order chi connectivity index (χ1) is 25.1. The molecule has 1 saturated carbocycles. The van der Waals surface area contributed by atoms with E-state index in [0.29, 0.717) is 11.1 Å². The number of esters is 6. The second-order valence-corrected chi connectivity index (χ2v) is 14.9. The molecule has 54 heavy (non-hydrogen) atoms. The summed E-state index contributed by atoms with van der Waals surface area (Å²) in [5.74, 6) is -6.04. The lowest BCUT2D eigenvalue weighted by atomic mass is 9.48. The summed E-state index contributed by atoms with van der Waals surface area (Å²) in [6, 6.07) is 1.71. The molecule has 1 aliphatic heterocycles. The Bertz CT molecular complexity index is 1680. The van der Waals surface area contributed by atoms with Crippen molar-refractivity contribution in [2.45, 2.75) is 137 Å². The van der Waals surface area contributed by atoms with E-state index in [0.717, 1.165) is 27.7 Å². The van der Waals surface area contributed by atoms with Gasteiger partial charge in [0.05, 0.1) is 0 Å². The highest BCUT2D eigenvalue weighted by Gasteiger charge is 2.61. The molecule has 1 heterocycles. The molecule has 1 saturated heterocycles. The van der Waals surface area contributed by atoms with Gasteiger partial charge in [-0.25, -0.2) is 0 Å². The van der Waals surface area contributed by atoms with Gasteiger partial charge in [-0.15, -0.1) is 0 Å². The van der Waals surface area contributed by atoms with Gasteiger partial charge in [-0.1, -0.05) is 27.7 Å². The number of Topliss-reactive ketones (excluding diaryl/α,β-unsaturated/α-hetero) is 1. The van der Waals surface area contributed by atoms with E-state index in [1.54, 1.807) is 19.9 Å². The number of benzene rings is 1. The Morgan fingerprint density at radius 1 is 0.815 bits per heavy atom. The summed E-state index contributed by atoms with van der Waals surface area (Å²) < 4.78 is 46.0. The van der Waals surface area contributed by atoms with Gasteiger partial charge < -0.3 is 43.0 Å². The van der Waals surface area contributed by atoms with Crippen LogP contribution in [0.15, 0.2) is 6.07 Å². The molecule has 0 radical (unpaired) electrons. The molecule has 8 unspecified atom stereocenters. The number of carbonyl (C=O) groups is 7. The third-order valence-corrected chi connectivity index (χ3v) is 10.3. The molecule has 3 aliphatic rings. The molecule has 16 nitrogen and oxygen atoms in total. The lowest BCUT2D eigenvalue weighted by molar-refractivity contribution is -0.288. The number of aromatic hydroxyl groups is 1. The second kappa shape index (κ2) is 16.3. The number of rotatable bonds is 11. The number of hydrogen-bond donors (Lipinski definition) is 1. The van der Waals surface area contributed by atoms with Gasteiger partial charge in [-0.3, -0.25) is 33.6 Å². The Hall–Kier alpha value is -4.73. The van der Waals surface area contributed by atoms with Crippen molar-refractivity contribution >= 4 is 41.6 Å². The predicted octanol–water partition coefficient (Wildman–Crippen LogP) is 3.79. The molecule has 16 heteroatoms. The summed E-state index contributed by atoms with van der Waals surface area (Å²) in [4.78, 5) is 87.3. The molecular formula is C38H50O16. The maximum absolute atomic E-state index is 13.4. The molecule has 4 rings (SSSR count). The monoisotopic (exact) mass is 762 g/mol. The van der Waals surface area contributed by atoms with E-state index < -0.39 is 102 Å². The van der Waals surface area contributed by atoms with E-state index in [4.69, 9.17) is 37.9 Å². The number of ether oxygens (including phenoxy) is 8. The van der Waals surface area contributed by atoms with Crippen molar-refractivity contribution in [1.29, 1.82) is 0 Å². The van der Waals surface area contributed by atoms with Gasteiger partial charge in [0.2, 0.25) is 12.4 Å². The Labute approximate surface area is 313 Å². The standard InChI is InChI=1S/C38H50O16/c1-17(2)24-13-25-26(49-20(5)41)14-28-37(9,10)29(45)11-12-38(28,16-48-19(4)40)30(25)31(46)32(24)54-36-35(52-23(8)44)34(51-22(7)43)33(50-21(6)42)27(53-36)15-47-18(3)39/h13,17,26-28,33-36,46H,11-12,14-16H2,1-10H3. The number of phenolic OH excluding ortho intramolecular Hbond substituents is 1. The van der Waals surface area contributed by atoms with Crippen LogP contribution in [0.2, 0.25) is 0 Å². The smallest absolute Gasteiger partial charge is 0.303 e. The minimum absolute atomic E-state index is 0.0526. The average molecular weight is 763 g/mol. The van der Waals surface area contributed by atoms with Crippen LogP contribution >= 0.6 is 0 Å². The fourth-order valence-corrected chi connectivity index (χ4v) is 8.09. The molecule has 0 bridgehead atoms. The van der Waals surface area contributed by atoms with Crippen LogP contribution in [-0.2, 0) is 72.1 Å². The highest BCUT2D eigenvalue weighted by Crippen LogP contribution is 2.63. The fourth-order valence-electron chi connectivity index (χ4n) is 8.09. The molecule has 8 atom stereocenters. The SMILES string of the molecule is CC(=O)OCC1OC(Oc2c(C(C)C)cc3c(c2O)C2(COC(C)=O)CCC(=O)C(C)(C)C2CC3OC(C)=O)C(OC(C)=O)C(OC(C)=O)C1OC(C)=O. The number of phenols is 1. The van der Waals surface area contributed by atoms with Crippen LogP contribution in [0.5, 0.6) is 11.5 Å². The van der Waals surface area contributed by atoms with Crippen LogP contribution < -0.4 is 4.74 Å². The number of fused-ring (bicyclic) bond motifs is 3. The highest BCUT2D eigenvalue weighted by molar-refractivity contribution is 5.86. The number of ketones is 1. The quantitative estimate of drug-likeness (QED) is 0.251. The third-order valence-electron chi connectivity index (χ3n) is 10.3. The number of hydrogen-bond acceptors (Lipinski definition) is 16. The van der Waals surface area contributed by atoms with Crippen LogP contribution in [0.25, 0.3) is 0 Å². The largest absolute Gasteiger partial charge is 0.504 e. The first kappa shape index (κ1) is 42.0. The van der Waals surface area contributed by atoms with Crippen LogP contribution in [0.1, 0.15) is 117 Å². The van der Waals surface area contributed by atoms with Crippen LogP contribution in [0, 0.1) is 11.3 Å². The Kier molecular flexibility index (Phi) is 12.7. The van der Waals surface area contributed by atoms with Gasteiger partial charge in [-0.05, 0) is 30.7 Å². The zero-order chi connectivity index (χ0) is 40.4. The summed E-state index contributed by atoms with van der Waals surface area (Å²) >= 11 is 0. The van der Waals surface area contributed by atoms with E-state index in [9.17, 15) is 38.7 Å². The molecule has 1 aromatic carbocycles. The topological polar surface area (TPSA) is 214 Å². The zero-order valence-corrected chi connectivity index (χ0v) is 32.3. The summed E-state index contributed by atoms with van der Waals surface area (Å²) in [6.45, 7) is 13.3. The number of carbonyl (C=O) groups excluding carboxylic acids is 7. The van der Waals surface area contributed by atoms with Crippen LogP contribution in [0.4, 0.5) is 0 Å². The van der Waals surface area contributed by atoms with E-state index in [-0.39, 0.29) is 48.9 Å². The summed E-state index contributed by atoms with van der Waals surface area (Å²) in [5, 5.41) is 12.6. The third kappa shape index (κ3) is 8.63. The minimum Gasteiger partial charge on any atom is -0.504 e. The molecule has 0 aromatic heterocycles. The summed E-state index contributed by atoms with van der Waals surface area (Å²) in [6.07, 6.45) is -8.11. The van der Waals surface area contributed by atoms with Gasteiger partial charge in [0.1, 0.15) is 31.2 Å². The molecular weight excluding hydrogens is 712 g/mol. The normalized spacial score (nSPS) is 28.4. The Balaban J connectivity index is 2.01. The fraction of sp³-hybridized carbons (Fsp3) is 0.658. The predicted molar refractivity (Wildman–Crippen MR) is 184 cm³/mol. The summed E-state index contributed by atoms with van der Waals surface area (Å²) in [7, 11) is 0. The van der Waals surface area contributed by atoms with Crippen molar-refractivity contribution in [1.82, 2.24) is 0 Å². The first-order valence-corrected chi connectivity index (χ1v) is 17.8. The van der Waals surface area contributed by atoms with Crippen molar-refractivity contribution < 1.29 is 76.6 Å². The Morgan fingerprint density at radius 2 is 1.37 bits per heavy atom. The molecule has 0 amide bonds. The van der Waals surface area contributed by atoms with Gasteiger partial charge in [0, 0.05) is 75.5 Å². The van der Waals surface area contributed by atoms with E-state index in [1.165, 1.54) is 13.8 Å². The van der Waals surface area contributed by atoms with Gasteiger partial charge in [0.15, 0.2) is 23.7 Å². The van der Waals surface area contributed by atoms with E-state index in [1.807, 2.05) is 13.8 Å². The van der Waals surface area contributed by atoms with Crippen molar-refractivity contribution in [3.8, 4) is 11.5 Å². The van der Waals surface area contributed by atoms with E-state index in [2.05, 4.69) is 0 Å². The molecule has 1 aromatic rings. The average Bonchev–Trinajstić information content (AvgIpc) is 3.04. The maximum atomic E-state index is 13.4. The van der Waals surface area contributed by atoms with Crippen molar-refractivity contribution in [3.05, 3.63) is 22.8 Å². The highest BCUT2D eigenvalue weighted by atomic mass is 16.7. The lowest BCUT2D eigenvalue weighted by Crippen LogP contribution is -2.63. The van der Waals surface area contributed by atoms with Crippen molar-refractivity contribution in [2.75, 3.05) is 13.2 Å². The summed E-state index contributed by atoms with van der Waals surface area (Å²) in [5.41, 5.74) is -1.14. The first-order valence-electron chi connectivity index (χ1n) is 17.8. The molecule has 2 fully saturated rings. The molecule has 298 valence electrons. The lowest BCUT2D eigenvalue weighted by Gasteiger charge is -2.55. The molecule has 0 spiro atoms. The van der Waals surface area contributed by atoms with E-state index >= 15 is 0 Å². The Morgan fingerprint density at radius 3 is 1.91 bits per heavy atom. The maximum Gasteiger partial charge on any atom is 0.303 e. The van der Waals surface area contributed by atoms with Crippen LogP contribution in [0.3, 0.4) is 0 Å². The molecule has 2 aliphatic carbocycles. The second-order valence-electron chi connectivity index (χ2n) is 14.9. The van der Waals surface area contributed by atoms with Gasteiger partial charge in [0.25, 0.3) is 0 Å². The van der Waals surface area contributed by atoms with Crippen LogP contribution in [-0.4, -0.2) is 90.6 Å². The van der Waals surface area contributed by atoms with Crippen molar-refractivity contribution in [3.63, 3.8) is 0 Å². The zero-order valence-electron chi connectivity index (χ0n) is 32.3.